The van der Waals surface area contributed by atoms with Crippen LogP contribution in [-0.4, -0.2) is 51.9 Å². The lowest BCUT2D eigenvalue weighted by molar-refractivity contribution is -0.139. The van der Waals surface area contributed by atoms with Gasteiger partial charge in [-0.2, -0.15) is 0 Å². The third kappa shape index (κ3) is 6.71. The van der Waals surface area contributed by atoms with E-state index in [-0.39, 0.29) is 17.1 Å². The minimum absolute atomic E-state index is 0.0545. The summed E-state index contributed by atoms with van der Waals surface area (Å²) in [5.74, 6) is -0.623. The van der Waals surface area contributed by atoms with Crippen molar-refractivity contribution in [3.05, 3.63) is 87.4 Å². The average Bonchev–Trinajstić information content (AvgIpc) is 2.91. The van der Waals surface area contributed by atoms with Gasteiger partial charge in [0, 0.05) is 34.2 Å². The molecule has 0 aliphatic heterocycles. The molecular weight excluding hydrogens is 573 g/mol. The maximum absolute atomic E-state index is 13.8. The topological polar surface area (TPSA) is 96.0 Å². The molecule has 1 atom stereocenters. The van der Waals surface area contributed by atoms with Crippen LogP contribution < -0.4 is 14.4 Å². The molecule has 3 aromatic carbocycles. The molecule has 0 aliphatic rings. The highest BCUT2D eigenvalue weighted by Crippen LogP contribution is 2.29. The molecule has 0 fully saturated rings. The van der Waals surface area contributed by atoms with Crippen molar-refractivity contribution in [3.8, 4) is 5.75 Å². The molecule has 3 aromatic rings. The first kappa shape index (κ1) is 29.6. The van der Waals surface area contributed by atoms with E-state index >= 15 is 0 Å². The van der Waals surface area contributed by atoms with Crippen molar-refractivity contribution in [3.63, 3.8) is 0 Å². The molecule has 1 N–H and O–H groups in total. The van der Waals surface area contributed by atoms with E-state index < -0.39 is 34.4 Å². The summed E-state index contributed by atoms with van der Waals surface area (Å²) in [6, 6.07) is 15.7. The molecule has 0 heterocycles. The first-order chi connectivity index (χ1) is 18.0. The Morgan fingerprint density at radius 2 is 1.53 bits per heavy atom. The number of nitrogens with zero attached hydrogens (tertiary/aromatic N) is 2. The number of anilines is 1. The first-order valence-electron chi connectivity index (χ1n) is 11.4. The SMILES string of the molecule is CNC(=O)[C@H](C)N(Cc1c(Cl)cccc1Cl)C(=O)CN(c1ccc(Cl)cc1)S(=O)(=O)c1ccc(OC)cc1. The van der Waals surface area contributed by atoms with Gasteiger partial charge >= 0.3 is 0 Å². The predicted molar refractivity (Wildman–Crippen MR) is 150 cm³/mol. The second kappa shape index (κ2) is 12.7. The fraction of sp³-hybridized carbons (Fsp3) is 0.231. The largest absolute Gasteiger partial charge is 0.497 e. The Labute approximate surface area is 237 Å². The number of rotatable bonds is 10. The molecule has 2 amide bonds. The van der Waals surface area contributed by atoms with Crippen molar-refractivity contribution in [2.75, 3.05) is 25.0 Å². The normalized spacial score (nSPS) is 11.9. The number of amides is 2. The van der Waals surface area contributed by atoms with E-state index in [9.17, 15) is 18.0 Å². The summed E-state index contributed by atoms with van der Waals surface area (Å²) in [5, 5.41) is 3.52. The van der Waals surface area contributed by atoms with Gasteiger partial charge in [0.2, 0.25) is 11.8 Å². The van der Waals surface area contributed by atoms with Crippen molar-refractivity contribution < 1.29 is 22.7 Å². The molecule has 0 spiro atoms. The molecule has 3 rings (SSSR count). The molecule has 8 nitrogen and oxygen atoms in total. The van der Waals surface area contributed by atoms with E-state index in [0.29, 0.717) is 26.4 Å². The van der Waals surface area contributed by atoms with Crippen molar-refractivity contribution in [1.82, 2.24) is 10.2 Å². The minimum atomic E-state index is -4.23. The minimum Gasteiger partial charge on any atom is -0.497 e. The van der Waals surface area contributed by atoms with Gasteiger partial charge in [-0.15, -0.1) is 0 Å². The second-order valence-corrected chi connectivity index (χ2v) is 11.3. The van der Waals surface area contributed by atoms with E-state index in [1.54, 1.807) is 18.2 Å². The summed E-state index contributed by atoms with van der Waals surface area (Å²) in [5.41, 5.74) is 0.637. The molecule has 202 valence electrons. The van der Waals surface area contributed by atoms with E-state index in [1.165, 1.54) is 74.5 Å². The summed E-state index contributed by atoms with van der Waals surface area (Å²) in [4.78, 5) is 27.5. The van der Waals surface area contributed by atoms with Crippen molar-refractivity contribution >= 4 is 62.3 Å². The van der Waals surface area contributed by atoms with Crippen LogP contribution in [0.3, 0.4) is 0 Å². The van der Waals surface area contributed by atoms with E-state index in [0.717, 1.165) is 4.31 Å². The number of methoxy groups -OCH3 is 1. The molecule has 0 aromatic heterocycles. The van der Waals surface area contributed by atoms with Crippen molar-refractivity contribution in [2.45, 2.75) is 24.4 Å². The average molecular weight is 599 g/mol. The Morgan fingerprint density at radius 3 is 2.05 bits per heavy atom. The zero-order valence-electron chi connectivity index (χ0n) is 20.8. The fourth-order valence-electron chi connectivity index (χ4n) is 3.66. The number of sulfonamides is 1. The number of benzene rings is 3. The number of carbonyl (C=O) groups excluding carboxylic acids is 2. The Morgan fingerprint density at radius 1 is 0.947 bits per heavy atom. The monoisotopic (exact) mass is 597 g/mol. The third-order valence-corrected chi connectivity index (χ3v) is 8.59. The highest BCUT2D eigenvalue weighted by atomic mass is 35.5. The lowest BCUT2D eigenvalue weighted by Gasteiger charge is -2.32. The number of nitrogens with one attached hydrogen (secondary N) is 1. The quantitative estimate of drug-likeness (QED) is 0.354. The van der Waals surface area contributed by atoms with Gasteiger partial charge in [0.05, 0.1) is 17.7 Å². The maximum Gasteiger partial charge on any atom is 0.264 e. The Hall–Kier alpha value is -2.98. The number of hydrogen-bond acceptors (Lipinski definition) is 5. The lowest BCUT2D eigenvalue weighted by Crippen LogP contribution is -2.50. The van der Waals surface area contributed by atoms with Crippen LogP contribution in [0.15, 0.2) is 71.6 Å². The molecule has 0 unspecified atom stereocenters. The number of halogens is 3. The van der Waals surface area contributed by atoms with Gasteiger partial charge in [-0.05, 0) is 67.6 Å². The smallest absolute Gasteiger partial charge is 0.264 e. The number of hydrogen-bond donors (Lipinski definition) is 1. The highest BCUT2D eigenvalue weighted by molar-refractivity contribution is 7.92. The van der Waals surface area contributed by atoms with Crippen molar-refractivity contribution in [2.24, 2.45) is 0 Å². The van der Waals surface area contributed by atoms with Crippen LogP contribution in [0.5, 0.6) is 5.75 Å². The Balaban J connectivity index is 2.06. The zero-order valence-corrected chi connectivity index (χ0v) is 23.9. The third-order valence-electron chi connectivity index (χ3n) is 5.84. The van der Waals surface area contributed by atoms with Crippen LogP contribution in [0, 0.1) is 0 Å². The van der Waals surface area contributed by atoms with Crippen LogP contribution in [-0.2, 0) is 26.2 Å². The molecule has 0 saturated heterocycles. The van der Waals surface area contributed by atoms with Crippen LogP contribution >= 0.6 is 34.8 Å². The molecule has 38 heavy (non-hydrogen) atoms. The molecule has 0 bridgehead atoms. The van der Waals surface area contributed by atoms with Crippen LogP contribution in [0.25, 0.3) is 0 Å². The molecular formula is C26H26Cl3N3O5S. The summed E-state index contributed by atoms with van der Waals surface area (Å²) in [7, 11) is -1.32. The van der Waals surface area contributed by atoms with Gasteiger partial charge in [-0.25, -0.2) is 8.42 Å². The van der Waals surface area contributed by atoms with Gasteiger partial charge in [0.15, 0.2) is 0 Å². The number of ether oxygens (including phenoxy) is 1. The van der Waals surface area contributed by atoms with Gasteiger partial charge in [0.1, 0.15) is 18.3 Å². The van der Waals surface area contributed by atoms with Crippen LogP contribution in [0.2, 0.25) is 15.1 Å². The summed E-state index contributed by atoms with van der Waals surface area (Å²) in [6.07, 6.45) is 0. The first-order valence-corrected chi connectivity index (χ1v) is 13.9. The standard InChI is InChI=1S/C26H26Cl3N3O5S/c1-17(26(34)30-2)31(15-22-23(28)5-4-6-24(22)29)25(33)16-32(19-9-7-18(27)8-10-19)38(35,36)21-13-11-20(37-3)12-14-21/h4-14,17H,15-16H2,1-3H3,(H,30,34)/t17-/m0/s1. The van der Waals surface area contributed by atoms with Gasteiger partial charge < -0.3 is 15.0 Å². The molecule has 0 saturated carbocycles. The van der Waals surface area contributed by atoms with Gasteiger partial charge in [0.25, 0.3) is 10.0 Å². The Kier molecular flexibility index (Phi) is 9.89. The number of likely N-dealkylation sites (N-methyl/N-ethyl adjacent to an activating group) is 1. The fourth-order valence-corrected chi connectivity index (χ4v) is 5.71. The second-order valence-electron chi connectivity index (χ2n) is 8.18. The summed E-state index contributed by atoms with van der Waals surface area (Å²) in [6.45, 7) is 0.800. The number of carbonyl (C=O) groups is 2. The van der Waals surface area contributed by atoms with Gasteiger partial charge in [-0.1, -0.05) is 40.9 Å². The zero-order chi connectivity index (χ0) is 28.0. The maximum atomic E-state index is 13.8. The molecule has 12 heteroatoms. The van der Waals surface area contributed by atoms with E-state index in [4.69, 9.17) is 39.5 Å². The molecule has 0 aliphatic carbocycles. The Bertz CT molecular complexity index is 1380. The summed E-state index contributed by atoms with van der Waals surface area (Å²) < 4.78 is 33.6. The van der Waals surface area contributed by atoms with Crippen LogP contribution in [0.1, 0.15) is 12.5 Å². The van der Waals surface area contributed by atoms with Crippen molar-refractivity contribution in [1.29, 1.82) is 0 Å². The predicted octanol–water partition coefficient (Wildman–Crippen LogP) is 5.01. The van der Waals surface area contributed by atoms with E-state index in [1.807, 2.05) is 0 Å². The lowest BCUT2D eigenvalue weighted by atomic mass is 10.1. The van der Waals surface area contributed by atoms with Crippen LogP contribution in [0.4, 0.5) is 5.69 Å². The van der Waals surface area contributed by atoms with E-state index in [2.05, 4.69) is 5.32 Å². The van der Waals surface area contributed by atoms with Gasteiger partial charge in [-0.3, -0.25) is 13.9 Å². The highest BCUT2D eigenvalue weighted by Gasteiger charge is 2.33. The summed E-state index contributed by atoms with van der Waals surface area (Å²) >= 11 is 18.7. The molecule has 0 radical (unpaired) electrons.